The summed E-state index contributed by atoms with van der Waals surface area (Å²) in [6.45, 7) is 4.32. The molecule has 0 unspecified atom stereocenters. The Hall–Kier alpha value is -2.62. The standard InChI is InChI=1S/C20H22FN5O2S/c1-13-16(11-25(2)24-13)17-12-29-20(22-17)23-19(27)18(26-7-9-28-10-8-26)14-3-5-15(21)6-4-14/h3-6,11-12,18H,7-10H2,1-2H3,(H,22,23,27)/t18-/m1/s1. The van der Waals surface area contributed by atoms with Crippen LogP contribution in [0.25, 0.3) is 11.3 Å². The van der Waals surface area contributed by atoms with Crippen molar-refractivity contribution < 1.29 is 13.9 Å². The quantitative estimate of drug-likeness (QED) is 0.694. The Morgan fingerprint density at radius 2 is 2.00 bits per heavy atom. The number of morpholine rings is 1. The molecule has 29 heavy (non-hydrogen) atoms. The van der Waals surface area contributed by atoms with Crippen molar-refractivity contribution in [3.05, 3.63) is 52.9 Å². The first kappa shape index (κ1) is 19.7. The summed E-state index contributed by atoms with van der Waals surface area (Å²) in [5.74, 6) is -0.520. The minimum Gasteiger partial charge on any atom is -0.379 e. The highest BCUT2D eigenvalue weighted by atomic mass is 32.1. The summed E-state index contributed by atoms with van der Waals surface area (Å²) in [6.07, 6.45) is 1.91. The monoisotopic (exact) mass is 415 g/mol. The van der Waals surface area contributed by atoms with Gasteiger partial charge in [-0.2, -0.15) is 5.10 Å². The summed E-state index contributed by atoms with van der Waals surface area (Å²) in [7, 11) is 1.86. The van der Waals surface area contributed by atoms with Crippen LogP contribution < -0.4 is 5.32 Å². The van der Waals surface area contributed by atoms with Crippen LogP contribution in [0, 0.1) is 12.7 Å². The molecule has 7 nitrogen and oxygen atoms in total. The van der Waals surface area contributed by atoms with Crippen molar-refractivity contribution in [3.8, 4) is 11.3 Å². The number of benzene rings is 1. The lowest BCUT2D eigenvalue weighted by Gasteiger charge is -2.33. The average molecular weight is 415 g/mol. The Labute approximate surface area is 172 Å². The number of hydrogen-bond acceptors (Lipinski definition) is 6. The van der Waals surface area contributed by atoms with Gasteiger partial charge in [0, 0.05) is 37.3 Å². The number of nitrogens with zero attached hydrogens (tertiary/aromatic N) is 4. The van der Waals surface area contributed by atoms with Gasteiger partial charge in [-0.05, 0) is 24.6 Å². The Kier molecular flexibility index (Phi) is 5.70. The fourth-order valence-corrected chi connectivity index (χ4v) is 4.20. The molecule has 3 aromatic rings. The molecule has 0 saturated carbocycles. The zero-order chi connectivity index (χ0) is 20.4. The maximum atomic E-state index is 13.4. The normalized spacial score (nSPS) is 16.0. The third kappa shape index (κ3) is 4.36. The third-order valence-corrected chi connectivity index (χ3v) is 5.63. The molecule has 0 aliphatic carbocycles. The number of ether oxygens (including phenoxy) is 1. The molecule has 9 heteroatoms. The van der Waals surface area contributed by atoms with E-state index in [1.54, 1.807) is 16.8 Å². The van der Waals surface area contributed by atoms with Gasteiger partial charge in [-0.15, -0.1) is 11.3 Å². The number of aromatic nitrogens is 3. The number of rotatable bonds is 5. The minimum absolute atomic E-state index is 0.192. The number of carbonyl (C=O) groups excluding carboxylic acids is 1. The van der Waals surface area contributed by atoms with E-state index in [9.17, 15) is 9.18 Å². The first-order chi connectivity index (χ1) is 14.0. The zero-order valence-corrected chi connectivity index (χ0v) is 17.1. The van der Waals surface area contributed by atoms with E-state index >= 15 is 0 Å². The highest BCUT2D eigenvalue weighted by Crippen LogP contribution is 2.29. The number of amides is 1. The van der Waals surface area contributed by atoms with Crippen LogP contribution in [-0.2, 0) is 16.6 Å². The number of thiazole rings is 1. The maximum Gasteiger partial charge on any atom is 0.248 e. The molecule has 1 aliphatic heterocycles. The predicted molar refractivity (Wildman–Crippen MR) is 109 cm³/mol. The molecule has 1 atom stereocenters. The van der Waals surface area contributed by atoms with Crippen LogP contribution in [0.1, 0.15) is 17.3 Å². The lowest BCUT2D eigenvalue weighted by atomic mass is 10.0. The maximum absolute atomic E-state index is 13.4. The van der Waals surface area contributed by atoms with Crippen LogP contribution in [0.15, 0.2) is 35.8 Å². The van der Waals surface area contributed by atoms with Crippen LogP contribution in [0.2, 0.25) is 0 Å². The van der Waals surface area contributed by atoms with Crippen molar-refractivity contribution in [3.63, 3.8) is 0 Å². The molecule has 1 aromatic carbocycles. The Morgan fingerprint density at radius 1 is 1.28 bits per heavy atom. The van der Waals surface area contributed by atoms with Crippen LogP contribution in [-0.4, -0.2) is 51.9 Å². The smallest absolute Gasteiger partial charge is 0.248 e. The lowest BCUT2D eigenvalue weighted by Crippen LogP contribution is -2.43. The average Bonchev–Trinajstić information content (AvgIpc) is 3.30. The molecule has 0 bridgehead atoms. The van der Waals surface area contributed by atoms with Gasteiger partial charge in [0.25, 0.3) is 0 Å². The first-order valence-electron chi connectivity index (χ1n) is 9.35. The topological polar surface area (TPSA) is 72.3 Å². The third-order valence-electron chi connectivity index (χ3n) is 4.87. The van der Waals surface area contributed by atoms with Crippen molar-refractivity contribution in [2.75, 3.05) is 31.6 Å². The van der Waals surface area contributed by atoms with E-state index in [4.69, 9.17) is 4.74 Å². The summed E-state index contributed by atoms with van der Waals surface area (Å²) >= 11 is 1.37. The van der Waals surface area contributed by atoms with Crippen molar-refractivity contribution in [1.29, 1.82) is 0 Å². The molecule has 0 spiro atoms. The second-order valence-electron chi connectivity index (χ2n) is 6.93. The van der Waals surface area contributed by atoms with E-state index in [0.29, 0.717) is 31.4 Å². The zero-order valence-electron chi connectivity index (χ0n) is 16.3. The first-order valence-corrected chi connectivity index (χ1v) is 10.2. The number of halogens is 1. The van der Waals surface area contributed by atoms with Crippen LogP contribution in [0.4, 0.5) is 9.52 Å². The molecule has 1 fully saturated rings. The Balaban J connectivity index is 1.56. The van der Waals surface area contributed by atoms with E-state index in [-0.39, 0.29) is 11.7 Å². The molecule has 4 rings (SSSR count). The number of carbonyl (C=O) groups is 1. The fraction of sp³-hybridized carbons (Fsp3) is 0.350. The second-order valence-corrected chi connectivity index (χ2v) is 7.79. The summed E-state index contributed by atoms with van der Waals surface area (Å²) in [4.78, 5) is 19.8. The Bertz CT molecular complexity index is 995. The largest absolute Gasteiger partial charge is 0.379 e. The van der Waals surface area contributed by atoms with Gasteiger partial charge in [0.15, 0.2) is 5.13 Å². The van der Waals surface area contributed by atoms with Crippen molar-refractivity contribution >= 4 is 22.4 Å². The van der Waals surface area contributed by atoms with Gasteiger partial charge in [-0.3, -0.25) is 14.4 Å². The Morgan fingerprint density at radius 3 is 2.66 bits per heavy atom. The number of nitrogens with one attached hydrogen (secondary N) is 1. The molecule has 2 aromatic heterocycles. The van der Waals surface area contributed by atoms with Gasteiger partial charge < -0.3 is 10.1 Å². The fourth-order valence-electron chi connectivity index (χ4n) is 3.49. The van der Waals surface area contributed by atoms with E-state index in [0.717, 1.165) is 22.5 Å². The van der Waals surface area contributed by atoms with Gasteiger partial charge in [0.2, 0.25) is 5.91 Å². The van der Waals surface area contributed by atoms with Gasteiger partial charge in [-0.25, -0.2) is 9.37 Å². The van der Waals surface area contributed by atoms with Crippen LogP contribution in [0.3, 0.4) is 0 Å². The molecular formula is C20H22FN5O2S. The molecule has 152 valence electrons. The number of hydrogen-bond donors (Lipinski definition) is 1. The van der Waals surface area contributed by atoms with Gasteiger partial charge in [-0.1, -0.05) is 12.1 Å². The highest BCUT2D eigenvalue weighted by molar-refractivity contribution is 7.14. The number of anilines is 1. The SMILES string of the molecule is Cc1nn(C)cc1-c1csc(NC(=O)[C@@H](c2ccc(F)cc2)N2CCOCC2)n1. The summed E-state index contributed by atoms with van der Waals surface area (Å²) in [5, 5.41) is 9.70. The molecule has 1 saturated heterocycles. The minimum atomic E-state index is -0.535. The molecule has 1 N–H and O–H groups in total. The number of aryl methyl sites for hydroxylation is 2. The second kappa shape index (κ2) is 8.40. The van der Waals surface area contributed by atoms with Gasteiger partial charge in [0.1, 0.15) is 11.9 Å². The van der Waals surface area contributed by atoms with Gasteiger partial charge >= 0.3 is 0 Å². The van der Waals surface area contributed by atoms with Crippen molar-refractivity contribution in [2.45, 2.75) is 13.0 Å². The molecule has 1 aliphatic rings. The van der Waals surface area contributed by atoms with Crippen LogP contribution in [0.5, 0.6) is 0 Å². The summed E-state index contributed by atoms with van der Waals surface area (Å²) in [6, 6.07) is 5.53. The molecule has 1 amide bonds. The highest BCUT2D eigenvalue weighted by Gasteiger charge is 2.29. The predicted octanol–water partition coefficient (Wildman–Crippen LogP) is 3.00. The summed E-state index contributed by atoms with van der Waals surface area (Å²) in [5.41, 5.74) is 3.34. The van der Waals surface area contributed by atoms with E-state index in [2.05, 4.69) is 15.4 Å². The molecular weight excluding hydrogens is 393 g/mol. The van der Waals surface area contributed by atoms with Crippen molar-refractivity contribution in [1.82, 2.24) is 19.7 Å². The van der Waals surface area contributed by atoms with Crippen molar-refractivity contribution in [2.24, 2.45) is 7.05 Å². The van der Waals surface area contributed by atoms with E-state index in [1.165, 1.54) is 23.5 Å². The van der Waals surface area contributed by atoms with E-state index in [1.807, 2.05) is 30.4 Å². The summed E-state index contributed by atoms with van der Waals surface area (Å²) < 4.78 is 20.5. The van der Waals surface area contributed by atoms with Gasteiger partial charge in [0.05, 0.1) is 24.6 Å². The molecule has 3 heterocycles. The van der Waals surface area contributed by atoms with E-state index < -0.39 is 6.04 Å². The van der Waals surface area contributed by atoms with Crippen LogP contribution >= 0.6 is 11.3 Å². The lowest BCUT2D eigenvalue weighted by molar-refractivity contribution is -0.123. The molecule has 0 radical (unpaired) electrons.